The molecular weight excluding hydrogens is 314 g/mol. The lowest BCUT2D eigenvalue weighted by Gasteiger charge is -2.29. The van der Waals surface area contributed by atoms with Crippen molar-refractivity contribution in [1.82, 2.24) is 4.90 Å². The highest BCUT2D eigenvalue weighted by Crippen LogP contribution is 2.31. The second-order valence-electron chi connectivity index (χ2n) is 5.39. The molecule has 6 heteroatoms. The lowest BCUT2D eigenvalue weighted by atomic mass is 10.2. The van der Waals surface area contributed by atoms with Gasteiger partial charge in [0.1, 0.15) is 6.61 Å². The van der Waals surface area contributed by atoms with Gasteiger partial charge in [-0.2, -0.15) is 0 Å². The summed E-state index contributed by atoms with van der Waals surface area (Å²) in [5.41, 5.74) is 0.917. The molecule has 0 bridgehead atoms. The van der Waals surface area contributed by atoms with Crippen LogP contribution >= 0.6 is 11.3 Å². The van der Waals surface area contributed by atoms with Gasteiger partial charge in [0.05, 0.1) is 18.0 Å². The van der Waals surface area contributed by atoms with E-state index in [-0.39, 0.29) is 12.0 Å². The summed E-state index contributed by atoms with van der Waals surface area (Å²) >= 11 is 1.43. The Bertz CT molecular complexity index is 685. The smallest absolute Gasteiger partial charge is 0.264 e. The molecule has 122 valence electrons. The minimum absolute atomic E-state index is 0.0190. The van der Waals surface area contributed by atoms with Gasteiger partial charge in [-0.25, -0.2) is 0 Å². The first-order valence-corrected chi connectivity index (χ1v) is 8.26. The summed E-state index contributed by atoms with van der Waals surface area (Å²) in [5, 5.41) is 1.91. The molecule has 3 rings (SSSR count). The number of thiophene rings is 1. The van der Waals surface area contributed by atoms with Crippen molar-refractivity contribution in [3.63, 3.8) is 0 Å². The van der Waals surface area contributed by atoms with Crippen molar-refractivity contribution in [2.75, 3.05) is 27.3 Å². The Hall–Kier alpha value is -2.05. The molecule has 0 aliphatic carbocycles. The van der Waals surface area contributed by atoms with Gasteiger partial charge in [-0.15, -0.1) is 11.3 Å². The van der Waals surface area contributed by atoms with Crippen LogP contribution in [-0.4, -0.2) is 44.2 Å². The predicted molar refractivity (Wildman–Crippen MR) is 88.3 cm³/mol. The maximum absolute atomic E-state index is 12.6. The number of fused-ring (bicyclic) bond motifs is 1. The van der Waals surface area contributed by atoms with Gasteiger partial charge in [-0.3, -0.25) is 4.79 Å². The second-order valence-corrected chi connectivity index (χ2v) is 6.31. The molecule has 1 unspecified atom stereocenters. The molecule has 23 heavy (non-hydrogen) atoms. The number of amides is 1. The molecule has 2 heterocycles. The number of hydrogen-bond donors (Lipinski definition) is 0. The molecule has 5 nitrogen and oxygen atoms in total. The summed E-state index contributed by atoms with van der Waals surface area (Å²) in [6.45, 7) is 1.34. The van der Waals surface area contributed by atoms with E-state index in [4.69, 9.17) is 14.2 Å². The Kier molecular flexibility index (Phi) is 4.83. The van der Waals surface area contributed by atoms with Crippen molar-refractivity contribution in [2.45, 2.75) is 12.7 Å². The lowest BCUT2D eigenvalue weighted by Crippen LogP contribution is -2.41. The summed E-state index contributed by atoms with van der Waals surface area (Å²) in [7, 11) is 3.41. The standard InChI is InChI=1S/C17H19NO4S/c1-18(17(19)16-12(10-20-2)7-8-23-16)9-13-11-21-14-5-3-4-6-15(14)22-13/h3-8,13H,9-11H2,1-2H3. The third-order valence-corrected chi connectivity index (χ3v) is 4.58. The van der Waals surface area contributed by atoms with Gasteiger partial charge >= 0.3 is 0 Å². The van der Waals surface area contributed by atoms with Crippen LogP contribution in [0.1, 0.15) is 15.2 Å². The Labute approximate surface area is 139 Å². The van der Waals surface area contributed by atoms with Crippen molar-refractivity contribution in [3.8, 4) is 11.5 Å². The van der Waals surface area contributed by atoms with E-state index in [9.17, 15) is 4.79 Å². The van der Waals surface area contributed by atoms with Crippen LogP contribution < -0.4 is 9.47 Å². The highest BCUT2D eigenvalue weighted by Gasteiger charge is 2.25. The number of methoxy groups -OCH3 is 1. The summed E-state index contributed by atoms with van der Waals surface area (Å²) in [4.78, 5) is 15.0. The van der Waals surface area contributed by atoms with Gasteiger partial charge in [-0.1, -0.05) is 12.1 Å². The molecule has 1 amide bonds. The number of rotatable bonds is 5. The Balaban J connectivity index is 1.64. The number of hydrogen-bond acceptors (Lipinski definition) is 5. The maximum atomic E-state index is 12.6. The van der Waals surface area contributed by atoms with E-state index >= 15 is 0 Å². The molecule has 1 atom stereocenters. The number of likely N-dealkylation sites (N-methyl/N-ethyl adjacent to an activating group) is 1. The second kappa shape index (κ2) is 7.02. The molecule has 0 saturated carbocycles. The lowest BCUT2D eigenvalue weighted by molar-refractivity contribution is 0.0521. The molecule has 0 radical (unpaired) electrons. The van der Waals surface area contributed by atoms with Crippen LogP contribution in [0.2, 0.25) is 0 Å². The summed E-state index contributed by atoms with van der Waals surface area (Å²) in [5.74, 6) is 1.45. The Morgan fingerprint density at radius 1 is 1.35 bits per heavy atom. The van der Waals surface area contributed by atoms with Crippen LogP contribution in [0.15, 0.2) is 35.7 Å². The van der Waals surface area contributed by atoms with E-state index in [2.05, 4.69) is 0 Å². The molecule has 0 N–H and O–H groups in total. The number of benzene rings is 1. The zero-order valence-electron chi connectivity index (χ0n) is 13.2. The molecule has 0 spiro atoms. The predicted octanol–water partition coefficient (Wildman–Crippen LogP) is 2.81. The SMILES string of the molecule is COCc1ccsc1C(=O)N(C)CC1COc2ccccc2O1. The van der Waals surface area contributed by atoms with Crippen LogP contribution in [0.5, 0.6) is 11.5 Å². The Morgan fingerprint density at radius 3 is 2.91 bits per heavy atom. The Morgan fingerprint density at radius 2 is 2.13 bits per heavy atom. The first-order valence-electron chi connectivity index (χ1n) is 7.38. The van der Waals surface area contributed by atoms with Crippen molar-refractivity contribution < 1.29 is 19.0 Å². The normalized spacial score (nSPS) is 16.2. The fraction of sp³-hybridized carbons (Fsp3) is 0.353. The summed E-state index contributed by atoms with van der Waals surface area (Å²) in [6, 6.07) is 9.49. The molecule has 0 fully saturated rings. The van der Waals surface area contributed by atoms with E-state index < -0.39 is 0 Å². The van der Waals surface area contributed by atoms with Crippen LogP contribution in [0.3, 0.4) is 0 Å². The molecule has 1 aromatic heterocycles. The highest BCUT2D eigenvalue weighted by atomic mass is 32.1. The zero-order chi connectivity index (χ0) is 16.2. The number of nitrogens with zero attached hydrogens (tertiary/aromatic N) is 1. The first-order chi connectivity index (χ1) is 11.2. The van der Waals surface area contributed by atoms with Gasteiger partial charge < -0.3 is 19.1 Å². The van der Waals surface area contributed by atoms with Crippen LogP contribution in [0.4, 0.5) is 0 Å². The van der Waals surface area contributed by atoms with E-state index in [0.29, 0.717) is 24.6 Å². The molecular formula is C17H19NO4S. The van der Waals surface area contributed by atoms with E-state index in [1.165, 1.54) is 11.3 Å². The molecule has 1 aliphatic heterocycles. The topological polar surface area (TPSA) is 48.0 Å². The van der Waals surface area contributed by atoms with Crippen molar-refractivity contribution in [3.05, 3.63) is 46.2 Å². The largest absolute Gasteiger partial charge is 0.486 e. The number of carbonyl (C=O) groups excluding carboxylic acids is 1. The summed E-state index contributed by atoms with van der Waals surface area (Å²) in [6.07, 6.45) is -0.176. The van der Waals surface area contributed by atoms with E-state index in [0.717, 1.165) is 17.1 Å². The third-order valence-electron chi connectivity index (χ3n) is 3.63. The highest BCUT2D eigenvalue weighted by molar-refractivity contribution is 7.12. The molecule has 0 saturated heterocycles. The number of carbonyl (C=O) groups is 1. The van der Waals surface area contributed by atoms with E-state index in [1.54, 1.807) is 19.1 Å². The van der Waals surface area contributed by atoms with Gasteiger partial charge in [-0.05, 0) is 23.6 Å². The molecule has 1 aromatic carbocycles. The van der Waals surface area contributed by atoms with Crippen molar-refractivity contribution in [1.29, 1.82) is 0 Å². The van der Waals surface area contributed by atoms with Gasteiger partial charge in [0.25, 0.3) is 5.91 Å². The van der Waals surface area contributed by atoms with Gasteiger partial charge in [0, 0.05) is 19.7 Å². The average molecular weight is 333 g/mol. The molecule has 2 aromatic rings. The van der Waals surface area contributed by atoms with Crippen molar-refractivity contribution in [2.24, 2.45) is 0 Å². The fourth-order valence-electron chi connectivity index (χ4n) is 2.51. The minimum Gasteiger partial charge on any atom is -0.486 e. The minimum atomic E-state index is -0.176. The zero-order valence-corrected chi connectivity index (χ0v) is 14.0. The molecule has 1 aliphatic rings. The monoisotopic (exact) mass is 333 g/mol. The van der Waals surface area contributed by atoms with Crippen LogP contribution in [-0.2, 0) is 11.3 Å². The summed E-state index contributed by atoms with van der Waals surface area (Å²) < 4.78 is 16.7. The first kappa shape index (κ1) is 15.8. The quantitative estimate of drug-likeness (QED) is 0.844. The third kappa shape index (κ3) is 3.48. The maximum Gasteiger partial charge on any atom is 0.264 e. The van der Waals surface area contributed by atoms with Crippen LogP contribution in [0, 0.1) is 0 Å². The van der Waals surface area contributed by atoms with Crippen LogP contribution in [0.25, 0.3) is 0 Å². The van der Waals surface area contributed by atoms with Gasteiger partial charge in [0.15, 0.2) is 17.6 Å². The van der Waals surface area contributed by atoms with Gasteiger partial charge in [0.2, 0.25) is 0 Å². The van der Waals surface area contributed by atoms with E-state index in [1.807, 2.05) is 35.7 Å². The average Bonchev–Trinajstić information content (AvgIpc) is 3.02. The fourth-order valence-corrected chi connectivity index (χ4v) is 3.41. The van der Waals surface area contributed by atoms with Crippen molar-refractivity contribution >= 4 is 17.2 Å². The number of ether oxygens (including phenoxy) is 3. The number of para-hydroxylation sites is 2.